The van der Waals surface area contributed by atoms with Crippen molar-refractivity contribution in [2.75, 3.05) is 0 Å². The molecule has 16 heavy (non-hydrogen) atoms. The van der Waals surface area contributed by atoms with Crippen molar-refractivity contribution in [2.24, 2.45) is 0 Å². The van der Waals surface area contributed by atoms with Crippen LogP contribution in [0.25, 0.3) is 0 Å². The van der Waals surface area contributed by atoms with Crippen LogP contribution in [0.4, 0.5) is 0 Å². The molecule has 1 radical (unpaired) electrons. The summed E-state index contributed by atoms with van der Waals surface area (Å²) in [6.45, 7) is 0. The molecule has 0 rings (SSSR count). The zero-order valence-corrected chi connectivity index (χ0v) is 10.8. The third kappa shape index (κ3) is 1950. The van der Waals surface area contributed by atoms with Gasteiger partial charge in [0.2, 0.25) is 0 Å². The Bertz CT molecular complexity index is 91.3. The maximum Gasteiger partial charge on any atom is 0.0777 e. The zero-order valence-electron chi connectivity index (χ0n) is 6.73. The summed E-state index contributed by atoms with van der Waals surface area (Å²) in [4.78, 5) is 0. The number of rotatable bonds is 0. The van der Waals surface area contributed by atoms with Gasteiger partial charge in [-0.05, 0) is 0 Å². The van der Waals surface area contributed by atoms with Gasteiger partial charge in [0, 0.05) is 25.8 Å². The third-order valence-corrected chi connectivity index (χ3v) is 0. The van der Waals surface area contributed by atoms with Crippen LogP contribution in [-0.4, -0.2) is 14.0 Å². The fourth-order valence-corrected chi connectivity index (χ4v) is 0. The quantitative estimate of drug-likeness (QED) is 0.368. The van der Waals surface area contributed by atoms with Crippen LogP contribution in [0.5, 0.6) is 0 Å². The van der Waals surface area contributed by atoms with Crippen molar-refractivity contribution in [1.29, 1.82) is 0 Å². The topological polar surface area (TPSA) is 268 Å². The fourth-order valence-electron chi connectivity index (χ4n) is 0. The van der Waals surface area contributed by atoms with E-state index >= 15 is 0 Å². The maximum atomic E-state index is 8.60. The second-order valence-corrected chi connectivity index (χ2v) is 3.56. The van der Waals surface area contributed by atoms with E-state index in [-0.39, 0.29) is 25.8 Å². The van der Waals surface area contributed by atoms with E-state index in [0.717, 1.165) is 0 Å². The average Bonchev–Trinajstić information content (AvgIpc) is 1.41. The first-order valence-corrected chi connectivity index (χ1v) is 5.69. The Hall–Kier alpha value is 1.26. The second-order valence-electron chi connectivity index (χ2n) is 1.19. The van der Waals surface area contributed by atoms with E-state index in [1.54, 1.807) is 0 Å². The molecular weight excluding hydrogens is 343 g/mol. The van der Waals surface area contributed by atoms with E-state index in [1.807, 2.05) is 0 Å². The molecule has 0 unspecified atom stereocenters. The Balaban J connectivity index is -0.0000000655. The van der Waals surface area contributed by atoms with Crippen molar-refractivity contribution in [2.45, 2.75) is 0 Å². The molecule has 0 aliphatic heterocycles. The Morgan fingerprint density at radius 3 is 0.438 bits per heavy atom. The van der Waals surface area contributed by atoms with Gasteiger partial charge < -0.3 is 0 Å². The van der Waals surface area contributed by atoms with E-state index in [1.165, 1.54) is 0 Å². The minimum Gasteiger partial charge on any atom is -0.183 e. The van der Waals surface area contributed by atoms with E-state index in [4.69, 9.17) is 55.9 Å². The van der Waals surface area contributed by atoms with Crippen LogP contribution in [0.3, 0.4) is 0 Å². The van der Waals surface area contributed by atoms with Gasteiger partial charge in [-0.25, -0.2) is 0 Å². The summed E-state index contributed by atoms with van der Waals surface area (Å²) in [7, 11) is -14.1. The molecule has 0 aromatic carbocycles. The maximum absolute atomic E-state index is 8.60. The van der Waals surface area contributed by atoms with Crippen LogP contribution in [0.15, 0.2) is 0 Å². The summed E-state index contributed by atoms with van der Waals surface area (Å²) in [5, 5.41) is 0. The van der Waals surface area contributed by atoms with Crippen molar-refractivity contribution in [1.82, 2.24) is 0 Å². The standard InChI is InChI=1S/3ClHO4.Sc/c3*2-1(3,4)5;/h3*(H,2,3,4,5);. The minimum atomic E-state index is -4.69. The van der Waals surface area contributed by atoms with Crippen molar-refractivity contribution in [3.8, 4) is 0 Å². The number of hydrogen-bond acceptors (Lipinski definition) is 12. The summed E-state index contributed by atoms with van der Waals surface area (Å²) >= 11 is 0. The molecule has 0 bridgehead atoms. The Labute approximate surface area is 112 Å². The predicted molar refractivity (Wildman–Crippen MR) is 6.66 cm³/mol. The van der Waals surface area contributed by atoms with Gasteiger partial charge in [-0.15, -0.1) is 0 Å². The Morgan fingerprint density at radius 2 is 0.438 bits per heavy atom. The molecule has 99 valence electrons. The SMILES string of the molecule is [O-][Cl+3]([O-])([O-])O.[O-][Cl+3]([O-])([O-])O.[O-][Cl+3]([O-])([O-])O.[Sc]. The van der Waals surface area contributed by atoms with Crippen LogP contribution in [0.1, 0.15) is 0 Å². The average molecular weight is 346 g/mol. The molecule has 0 spiro atoms. The molecule has 0 amide bonds. The molecule has 0 saturated heterocycles. The molecule has 0 fully saturated rings. The van der Waals surface area contributed by atoms with E-state index in [0.29, 0.717) is 0 Å². The van der Waals surface area contributed by atoms with Gasteiger partial charge in [0.15, 0.2) is 0 Å². The summed E-state index contributed by atoms with van der Waals surface area (Å²) in [6.07, 6.45) is 0. The van der Waals surface area contributed by atoms with E-state index in [2.05, 4.69) is 0 Å². The first-order valence-electron chi connectivity index (χ1n) is 1.90. The van der Waals surface area contributed by atoms with Crippen LogP contribution >= 0.6 is 0 Å². The van der Waals surface area contributed by atoms with Gasteiger partial charge in [-0.3, -0.25) is 0 Å². The van der Waals surface area contributed by atoms with Crippen molar-refractivity contribution in [3.63, 3.8) is 0 Å². The van der Waals surface area contributed by atoms with E-state index < -0.39 is 30.7 Å². The number of halogens is 3. The fraction of sp³-hybridized carbons (Fsp3) is 0. The van der Waals surface area contributed by atoms with Crippen molar-refractivity contribution >= 4 is 0 Å². The van der Waals surface area contributed by atoms with Gasteiger partial charge in [0.05, 0.1) is 44.7 Å². The molecule has 0 saturated carbocycles. The molecule has 0 aromatic rings. The molecule has 0 atom stereocenters. The molecule has 12 nitrogen and oxygen atoms in total. The van der Waals surface area contributed by atoms with Gasteiger partial charge in [0.25, 0.3) is 0 Å². The molecule has 0 aliphatic rings. The predicted octanol–water partition coefficient (Wildman–Crippen LogP) is -12.4. The van der Waals surface area contributed by atoms with Crippen molar-refractivity contribution < 1.29 is 112 Å². The number of hydrogen-bond donors (Lipinski definition) is 3. The summed E-state index contributed by atoms with van der Waals surface area (Å²) in [6, 6.07) is 0. The molecule has 0 aromatic heterocycles. The first kappa shape index (κ1) is 26.0. The molecule has 3 N–H and O–H groups in total. The Morgan fingerprint density at radius 1 is 0.438 bits per heavy atom. The third-order valence-electron chi connectivity index (χ3n) is 0. The molecular formula is H3Cl3O12Sc. The van der Waals surface area contributed by atoms with Crippen LogP contribution < -0.4 is 41.9 Å². The summed E-state index contributed by atoms with van der Waals surface area (Å²) < 4.78 is 98.2. The molecule has 16 heteroatoms. The smallest absolute Gasteiger partial charge is 0.0777 e. The normalized spacial score (nSPS) is 11.2. The summed E-state index contributed by atoms with van der Waals surface area (Å²) in [5.74, 6) is 0. The van der Waals surface area contributed by atoms with Gasteiger partial charge in [0.1, 0.15) is 0 Å². The second kappa shape index (κ2) is 10.2. The molecule has 0 heterocycles. The van der Waals surface area contributed by atoms with Crippen LogP contribution in [0, 0.1) is 30.7 Å². The summed E-state index contributed by atoms with van der Waals surface area (Å²) in [5.41, 5.74) is 0. The van der Waals surface area contributed by atoms with Gasteiger partial charge in [-0.2, -0.15) is 41.9 Å². The van der Waals surface area contributed by atoms with Crippen LogP contribution in [0.2, 0.25) is 0 Å². The van der Waals surface area contributed by atoms with Gasteiger partial charge in [-0.1, -0.05) is 0 Å². The molecule has 0 aliphatic carbocycles. The largest absolute Gasteiger partial charge is 0.183 e. The first-order chi connectivity index (χ1) is 6.00. The monoisotopic (exact) mass is 345 g/mol. The minimum absolute atomic E-state index is 0. The van der Waals surface area contributed by atoms with Crippen molar-refractivity contribution in [3.05, 3.63) is 0 Å². The zero-order chi connectivity index (χ0) is 13.5. The van der Waals surface area contributed by atoms with Gasteiger partial charge >= 0.3 is 0 Å². The van der Waals surface area contributed by atoms with E-state index in [9.17, 15) is 0 Å². The van der Waals surface area contributed by atoms with Crippen LogP contribution in [-0.2, 0) is 25.8 Å². The Kier molecular flexibility index (Phi) is 16.6.